The fourth-order valence-corrected chi connectivity index (χ4v) is 11.6. The number of nitrogens with one attached hydrogen (secondary N) is 1. The van der Waals surface area contributed by atoms with E-state index in [-0.39, 0.29) is 54.6 Å². The van der Waals surface area contributed by atoms with Crippen LogP contribution in [-0.4, -0.2) is 135 Å². The first-order chi connectivity index (χ1) is 41.9. The van der Waals surface area contributed by atoms with Gasteiger partial charge in [0.1, 0.15) is 32.5 Å². The van der Waals surface area contributed by atoms with E-state index >= 15 is 0 Å². The van der Waals surface area contributed by atoms with Crippen molar-refractivity contribution in [3.63, 3.8) is 0 Å². The minimum Gasteiger partial charge on any atom is -0.486 e. The van der Waals surface area contributed by atoms with Crippen LogP contribution < -0.4 is 30.0 Å². The molecule has 2 fully saturated rings. The number of halogens is 2. The number of Topliss-reactive ketones (excluding diaryl/α,β-unsaturated/α-hetero) is 2. The van der Waals surface area contributed by atoms with Crippen LogP contribution in [0.4, 0.5) is 8.78 Å². The molecular formula is C69H78F2N6O11. The molecule has 4 atom stereocenters. The molecule has 0 saturated carbocycles. The average Bonchev–Trinajstić information content (AvgIpc) is 2.09. The van der Waals surface area contributed by atoms with Gasteiger partial charge in [-0.1, -0.05) is 68.1 Å². The second kappa shape index (κ2) is 28.6. The second-order valence-corrected chi connectivity index (χ2v) is 23.0. The van der Waals surface area contributed by atoms with Crippen LogP contribution in [0.3, 0.4) is 0 Å². The van der Waals surface area contributed by atoms with Gasteiger partial charge in [0.05, 0.1) is 12.1 Å². The van der Waals surface area contributed by atoms with Crippen LogP contribution in [0.15, 0.2) is 134 Å². The number of carboxylic acids is 1. The summed E-state index contributed by atoms with van der Waals surface area (Å²) in [5.41, 5.74) is 13.4. The van der Waals surface area contributed by atoms with E-state index in [1.807, 2.05) is 18.2 Å². The van der Waals surface area contributed by atoms with E-state index in [4.69, 9.17) is 29.8 Å². The first-order valence-electron chi connectivity index (χ1n) is 29.7. The highest BCUT2D eigenvalue weighted by Crippen LogP contribution is 2.38. The summed E-state index contributed by atoms with van der Waals surface area (Å²) in [7, 11) is 0. The summed E-state index contributed by atoms with van der Waals surface area (Å²) >= 11 is 0. The van der Waals surface area contributed by atoms with Crippen molar-refractivity contribution in [2.24, 2.45) is 5.73 Å². The lowest BCUT2D eigenvalue weighted by Crippen LogP contribution is -2.48. The highest BCUT2D eigenvalue weighted by molar-refractivity contribution is 6.43. The molecule has 0 spiro atoms. The van der Waals surface area contributed by atoms with Crippen molar-refractivity contribution < 1.29 is 62.2 Å². The molecule has 0 aliphatic carbocycles. The van der Waals surface area contributed by atoms with Crippen molar-refractivity contribution in [2.75, 3.05) is 65.7 Å². The summed E-state index contributed by atoms with van der Waals surface area (Å²) in [4.78, 5) is 52.9. The average molecular weight is 1210 g/mol. The maximum atomic E-state index is 14.8. The molecule has 17 nitrogen and oxygen atoms in total. The van der Waals surface area contributed by atoms with Gasteiger partial charge in [0.15, 0.2) is 34.6 Å². The van der Waals surface area contributed by atoms with Crippen molar-refractivity contribution in [3.05, 3.63) is 168 Å². The van der Waals surface area contributed by atoms with Crippen molar-refractivity contribution in [3.8, 4) is 45.3 Å². The summed E-state index contributed by atoms with van der Waals surface area (Å²) in [6.45, 7) is 14.4. The number of carbonyl (C=O) groups is 4. The van der Waals surface area contributed by atoms with Gasteiger partial charge in [-0.25, -0.2) is 13.6 Å². The minimum atomic E-state index is -1.44. The number of aromatic nitrogens is 2. The van der Waals surface area contributed by atoms with Gasteiger partial charge in [-0.3, -0.25) is 14.4 Å². The normalized spacial score (nSPS) is 16.0. The molecule has 6 N–H and O–H groups in total. The zero-order valence-corrected chi connectivity index (χ0v) is 49.3. The van der Waals surface area contributed by atoms with Crippen LogP contribution >= 0.6 is 0 Å². The van der Waals surface area contributed by atoms with Crippen LogP contribution in [0.2, 0.25) is 0 Å². The maximum Gasteiger partial charge on any atom is 0.377 e. The van der Waals surface area contributed by atoms with E-state index < -0.39 is 59.4 Å². The monoisotopic (exact) mass is 1200 g/mol. The van der Waals surface area contributed by atoms with E-state index in [1.165, 1.54) is 36.6 Å². The number of aliphatic hydroxyl groups is 2. The number of rotatable bonds is 17. The number of nitrogens with zero attached hydrogens (tertiary/aromatic N) is 4. The molecule has 12 rings (SSSR count). The quantitative estimate of drug-likeness (QED) is 0.0423. The van der Waals surface area contributed by atoms with Crippen molar-refractivity contribution in [2.45, 2.75) is 97.2 Å². The Bertz CT molecular complexity index is 3760. The smallest absolute Gasteiger partial charge is 0.377 e. The van der Waals surface area contributed by atoms with Gasteiger partial charge in [-0.05, 0) is 174 Å². The van der Waals surface area contributed by atoms with Crippen LogP contribution in [0.5, 0.6) is 23.0 Å². The zero-order chi connectivity index (χ0) is 61.5. The fraction of sp³-hybridized carbons (Fsp3) is 0.362. The number of hydrogen-bond donors (Lipinski definition) is 5. The summed E-state index contributed by atoms with van der Waals surface area (Å²) in [5.74, 6) is -4.35. The van der Waals surface area contributed by atoms with Crippen molar-refractivity contribution >= 4 is 45.2 Å². The number of carbonyl (C=O) groups excluding carboxylic acids is 3. The maximum absolute atomic E-state index is 14.8. The van der Waals surface area contributed by atoms with E-state index in [0.29, 0.717) is 49.7 Å². The highest BCUT2D eigenvalue weighted by atomic mass is 19.1. The summed E-state index contributed by atoms with van der Waals surface area (Å²) in [6, 6.07) is 35.3. The Morgan fingerprint density at radius 1 is 0.534 bits per heavy atom. The fourth-order valence-electron chi connectivity index (χ4n) is 11.6. The van der Waals surface area contributed by atoms with Crippen molar-refractivity contribution in [1.82, 2.24) is 24.3 Å². The molecule has 0 bridgehead atoms. The van der Waals surface area contributed by atoms with E-state index in [9.17, 15) is 38.2 Å². The Morgan fingerprint density at radius 3 is 1.39 bits per heavy atom. The molecule has 6 aromatic carbocycles. The van der Waals surface area contributed by atoms with Crippen molar-refractivity contribution in [1.29, 1.82) is 0 Å². The molecule has 8 aromatic rings. The summed E-state index contributed by atoms with van der Waals surface area (Å²) in [5, 5.41) is 35.4. The molecule has 88 heavy (non-hydrogen) atoms. The number of hydrogen-bond acceptors (Lipinski definition) is 13. The first-order valence-corrected chi connectivity index (χ1v) is 29.7. The third-order valence-electron chi connectivity index (χ3n) is 16.3. The summed E-state index contributed by atoms with van der Waals surface area (Å²) in [6.07, 6.45) is 6.32. The predicted octanol–water partition coefficient (Wildman–Crippen LogP) is 11.1. The molecule has 2 saturated heterocycles. The van der Waals surface area contributed by atoms with E-state index in [2.05, 4.69) is 107 Å². The Morgan fingerprint density at radius 2 is 0.943 bits per heavy atom. The molecule has 19 heteroatoms. The van der Waals surface area contributed by atoms with Gasteiger partial charge in [0.25, 0.3) is 11.7 Å². The summed E-state index contributed by atoms with van der Waals surface area (Å²) < 4.78 is 54.7. The Labute approximate surface area is 511 Å². The van der Waals surface area contributed by atoms with Gasteiger partial charge >= 0.3 is 5.97 Å². The number of ether oxygens (including phenoxy) is 4. The number of ketones is 2. The number of aliphatic hydroxyl groups excluding tert-OH is 2. The third kappa shape index (κ3) is 14.7. The molecule has 4 aliphatic rings. The minimum absolute atomic E-state index is 0. The third-order valence-corrected chi connectivity index (χ3v) is 16.3. The number of nitrogens with two attached hydrogens (primary N) is 1. The lowest BCUT2D eigenvalue weighted by molar-refractivity contribution is -0.131. The number of likely N-dealkylation sites (tertiary alicyclic amines) is 2. The molecule has 1 amide bonds. The van der Waals surface area contributed by atoms with Gasteiger partial charge in [-0.15, -0.1) is 0 Å². The van der Waals surface area contributed by atoms with Crippen LogP contribution in [0.1, 0.15) is 117 Å². The highest BCUT2D eigenvalue weighted by Gasteiger charge is 2.32. The number of carboxylic acid groups (broad SMARTS) is 1. The number of fused-ring (bicyclic) bond motifs is 4. The lowest BCUT2D eigenvalue weighted by atomic mass is 9.99. The molecule has 0 radical (unpaired) electrons. The molecule has 464 valence electrons. The molecule has 6 heterocycles. The van der Waals surface area contributed by atoms with Gasteiger partial charge < -0.3 is 64.3 Å². The van der Waals surface area contributed by atoms with Gasteiger partial charge in [0, 0.05) is 76.5 Å². The number of aliphatic carboxylic acids is 1. The Kier molecular flexibility index (Phi) is 20.8. The SMILES string of the molecule is C.CC(C)n1ccc2cc(-c3ccc(C(=O)C(=O)N[C@H](CN4CCCC4)[C@H](O)c4cc(F)c5c(c4)OCCO5)cc3)ccc21.CC(C)n1ccc2cc(-c3ccc(C(=O)C(=O)O)cc3)ccc21.N[C@H](CN1CCCC1)[C@H](O)c1cc(F)c2c(c1)OCCO2. The largest absolute Gasteiger partial charge is 0.486 e. The topological polar surface area (TPSA) is 220 Å². The molecule has 4 aliphatic heterocycles. The van der Waals surface area contributed by atoms with Gasteiger partial charge in [-0.2, -0.15) is 0 Å². The number of amides is 1. The van der Waals surface area contributed by atoms with Crippen LogP contribution in [0, 0.1) is 11.6 Å². The molecular weight excluding hydrogens is 1130 g/mol. The van der Waals surface area contributed by atoms with Crippen LogP contribution in [0.25, 0.3) is 44.1 Å². The van der Waals surface area contributed by atoms with Gasteiger partial charge in [0.2, 0.25) is 5.78 Å². The van der Waals surface area contributed by atoms with E-state index in [1.54, 1.807) is 42.5 Å². The zero-order valence-electron chi connectivity index (χ0n) is 49.3. The standard InChI is InChI=1S/C34H36FN3O5.C19H17NO3.C15H21FN2O3.CH4/c1-21(2)38-14-11-25-17-24(9-10-29(25)38)22-5-7-23(8-6-22)32(40)34(41)36-28(20-37-12-3-4-13-37)31(39)26-18-27(35)33-30(19-26)42-15-16-43-33;1-12(2)20-10-9-16-11-15(7-8-17(16)20)13-3-5-14(6-4-13)18(21)19(22)23;16-11-7-10(8-13-15(11)21-6-5-20-13)14(19)12(17)9-18-3-1-2-4-18;/h5-11,14,17-19,21,28,31,39H,3-4,12-13,15-16,20H2,1-2H3,(H,36,41);3-12H,1-2H3,(H,22,23);7-8,12,14,19H,1-6,9,17H2;1H4/t28-,31-;;12-,14-;/m1.1./s1. The molecule has 2 aromatic heterocycles. The van der Waals surface area contributed by atoms with E-state index in [0.717, 1.165) is 77.6 Å². The number of benzene rings is 6. The first kappa shape index (κ1) is 64.0. The molecule has 0 unspecified atom stereocenters. The Hall–Kier alpha value is -8.46. The predicted molar refractivity (Wildman–Crippen MR) is 334 cm³/mol. The lowest BCUT2D eigenvalue weighted by Gasteiger charge is -2.29. The Balaban J connectivity index is 0.000000172. The second-order valence-electron chi connectivity index (χ2n) is 23.0. The van der Waals surface area contributed by atoms with Crippen LogP contribution in [-0.2, 0) is 9.59 Å².